The molecular weight excluding hydrogens is 234 g/mol. The molecule has 1 aromatic heterocycles. The summed E-state index contributed by atoms with van der Waals surface area (Å²) in [7, 11) is 2.02. The van der Waals surface area contributed by atoms with Crippen molar-refractivity contribution in [3.63, 3.8) is 0 Å². The molecule has 0 unspecified atom stereocenters. The molecule has 0 radical (unpaired) electrons. The van der Waals surface area contributed by atoms with Crippen LogP contribution in [0.25, 0.3) is 11.3 Å². The maximum absolute atomic E-state index is 4.64. The van der Waals surface area contributed by atoms with E-state index >= 15 is 0 Å². The van der Waals surface area contributed by atoms with Crippen molar-refractivity contribution in [1.82, 2.24) is 15.3 Å². The molecule has 0 aliphatic heterocycles. The Morgan fingerprint density at radius 3 is 2.84 bits per heavy atom. The second kappa shape index (κ2) is 4.82. The molecule has 0 bridgehead atoms. The van der Waals surface area contributed by atoms with Crippen LogP contribution in [0.1, 0.15) is 30.7 Å². The van der Waals surface area contributed by atoms with Gasteiger partial charge in [-0.25, -0.2) is 4.98 Å². The molecule has 19 heavy (non-hydrogen) atoms. The van der Waals surface area contributed by atoms with E-state index < -0.39 is 0 Å². The Morgan fingerprint density at radius 1 is 1.37 bits per heavy atom. The van der Waals surface area contributed by atoms with Crippen molar-refractivity contribution in [1.29, 1.82) is 0 Å². The van der Waals surface area contributed by atoms with Crippen LogP contribution in [0.4, 0.5) is 0 Å². The number of aromatic nitrogens is 2. The van der Waals surface area contributed by atoms with E-state index in [1.807, 2.05) is 13.2 Å². The lowest BCUT2D eigenvalue weighted by Crippen LogP contribution is -2.43. The normalized spacial score (nSPS) is 17.2. The number of nitrogens with zero attached hydrogens (tertiary/aromatic N) is 1. The van der Waals surface area contributed by atoms with Gasteiger partial charge in [-0.1, -0.05) is 30.2 Å². The highest BCUT2D eigenvalue weighted by molar-refractivity contribution is 5.59. The third-order valence-corrected chi connectivity index (χ3v) is 4.23. The molecular formula is C16H21N3. The highest BCUT2D eigenvalue weighted by Gasteiger charge is 2.40. The Kier molecular flexibility index (Phi) is 3.15. The summed E-state index contributed by atoms with van der Waals surface area (Å²) >= 11 is 0. The zero-order chi connectivity index (χ0) is 13.3. The lowest BCUT2D eigenvalue weighted by molar-refractivity contribution is 0.226. The van der Waals surface area contributed by atoms with Crippen molar-refractivity contribution in [2.75, 3.05) is 13.6 Å². The fraction of sp³-hybridized carbons (Fsp3) is 0.438. The van der Waals surface area contributed by atoms with Crippen molar-refractivity contribution < 1.29 is 0 Å². The number of likely N-dealkylation sites (N-methyl/N-ethyl adjacent to an activating group) is 1. The second-order valence-corrected chi connectivity index (χ2v) is 5.68. The van der Waals surface area contributed by atoms with Crippen LogP contribution in [0.5, 0.6) is 0 Å². The van der Waals surface area contributed by atoms with Crippen LogP contribution in [0.2, 0.25) is 0 Å². The lowest BCUT2D eigenvalue weighted by atomic mass is 9.68. The fourth-order valence-corrected chi connectivity index (χ4v) is 2.99. The molecule has 1 aliphatic carbocycles. The van der Waals surface area contributed by atoms with Crippen molar-refractivity contribution in [3.05, 3.63) is 41.9 Å². The molecule has 1 fully saturated rings. The number of hydrogen-bond donors (Lipinski definition) is 2. The Morgan fingerprint density at radius 2 is 2.21 bits per heavy atom. The van der Waals surface area contributed by atoms with E-state index in [-0.39, 0.29) is 5.41 Å². The molecule has 0 saturated heterocycles. The first-order valence-electron chi connectivity index (χ1n) is 7.01. The van der Waals surface area contributed by atoms with Gasteiger partial charge in [-0.2, -0.15) is 0 Å². The smallest absolute Gasteiger partial charge is 0.114 e. The molecule has 0 spiro atoms. The van der Waals surface area contributed by atoms with E-state index in [9.17, 15) is 0 Å². The number of aryl methyl sites for hydroxylation is 1. The molecule has 1 saturated carbocycles. The molecule has 1 heterocycles. The largest absolute Gasteiger partial charge is 0.342 e. The van der Waals surface area contributed by atoms with Crippen molar-refractivity contribution >= 4 is 0 Å². The number of benzene rings is 1. The second-order valence-electron chi connectivity index (χ2n) is 5.68. The number of hydrogen-bond acceptors (Lipinski definition) is 2. The maximum Gasteiger partial charge on any atom is 0.114 e. The predicted octanol–water partition coefficient (Wildman–Crippen LogP) is 3.03. The monoisotopic (exact) mass is 255 g/mol. The summed E-state index contributed by atoms with van der Waals surface area (Å²) < 4.78 is 0. The molecule has 2 N–H and O–H groups in total. The van der Waals surface area contributed by atoms with Crippen LogP contribution < -0.4 is 5.32 Å². The lowest BCUT2D eigenvalue weighted by Gasteiger charge is -2.40. The molecule has 2 aromatic rings. The SMILES string of the molecule is CNCC1(c2ncc(-c3cccc(C)c3)[nH]2)CCC1. The number of aromatic amines is 1. The summed E-state index contributed by atoms with van der Waals surface area (Å²) in [5, 5.41) is 3.31. The average Bonchev–Trinajstić information content (AvgIpc) is 2.83. The van der Waals surface area contributed by atoms with Gasteiger partial charge < -0.3 is 10.3 Å². The van der Waals surface area contributed by atoms with Crippen molar-refractivity contribution in [3.8, 4) is 11.3 Å². The van der Waals surface area contributed by atoms with Gasteiger partial charge in [0, 0.05) is 12.0 Å². The first kappa shape index (κ1) is 12.4. The number of imidazole rings is 1. The van der Waals surface area contributed by atoms with Gasteiger partial charge in [0.05, 0.1) is 11.9 Å². The summed E-state index contributed by atoms with van der Waals surface area (Å²) in [5.74, 6) is 1.14. The third-order valence-electron chi connectivity index (χ3n) is 4.23. The number of H-pyrrole nitrogens is 1. The van der Waals surface area contributed by atoms with E-state index in [4.69, 9.17) is 0 Å². The van der Waals surface area contributed by atoms with Gasteiger partial charge in [0.2, 0.25) is 0 Å². The van der Waals surface area contributed by atoms with E-state index in [2.05, 4.69) is 46.5 Å². The maximum atomic E-state index is 4.64. The average molecular weight is 255 g/mol. The molecule has 3 rings (SSSR count). The number of rotatable bonds is 4. The minimum absolute atomic E-state index is 0.233. The first-order valence-corrected chi connectivity index (χ1v) is 7.01. The highest BCUT2D eigenvalue weighted by atomic mass is 15.0. The van der Waals surface area contributed by atoms with Crippen molar-refractivity contribution in [2.24, 2.45) is 0 Å². The summed E-state index contributed by atoms with van der Waals surface area (Å²) in [6, 6.07) is 8.55. The van der Waals surface area contributed by atoms with Gasteiger partial charge in [0.15, 0.2) is 0 Å². The first-order chi connectivity index (χ1) is 9.23. The minimum atomic E-state index is 0.233. The molecule has 0 amide bonds. The van der Waals surface area contributed by atoms with Crippen LogP contribution in [0, 0.1) is 6.92 Å². The summed E-state index contributed by atoms with van der Waals surface area (Å²) in [6.07, 6.45) is 5.74. The zero-order valence-corrected chi connectivity index (χ0v) is 11.7. The van der Waals surface area contributed by atoms with E-state index in [1.165, 1.54) is 30.4 Å². The van der Waals surface area contributed by atoms with Gasteiger partial charge in [-0.3, -0.25) is 0 Å². The topological polar surface area (TPSA) is 40.7 Å². The Labute approximate surface area is 114 Å². The van der Waals surface area contributed by atoms with Crippen LogP contribution in [-0.2, 0) is 5.41 Å². The minimum Gasteiger partial charge on any atom is -0.342 e. The molecule has 1 aliphatic rings. The fourth-order valence-electron chi connectivity index (χ4n) is 2.99. The van der Waals surface area contributed by atoms with Crippen LogP contribution in [0.15, 0.2) is 30.5 Å². The molecule has 3 heteroatoms. The molecule has 3 nitrogen and oxygen atoms in total. The quantitative estimate of drug-likeness (QED) is 0.881. The molecule has 1 aromatic carbocycles. The van der Waals surface area contributed by atoms with Gasteiger partial charge in [-0.05, 0) is 38.4 Å². The predicted molar refractivity (Wildman–Crippen MR) is 78.2 cm³/mol. The zero-order valence-electron chi connectivity index (χ0n) is 11.7. The summed E-state index contributed by atoms with van der Waals surface area (Å²) in [4.78, 5) is 8.17. The van der Waals surface area contributed by atoms with E-state index in [1.54, 1.807) is 0 Å². The highest BCUT2D eigenvalue weighted by Crippen LogP contribution is 2.42. The van der Waals surface area contributed by atoms with Gasteiger partial charge in [-0.15, -0.1) is 0 Å². The summed E-state index contributed by atoms with van der Waals surface area (Å²) in [6.45, 7) is 3.13. The Balaban J connectivity index is 1.91. The van der Waals surface area contributed by atoms with Gasteiger partial charge in [0.1, 0.15) is 5.82 Å². The Bertz CT molecular complexity index is 567. The van der Waals surface area contributed by atoms with Crippen LogP contribution >= 0.6 is 0 Å². The van der Waals surface area contributed by atoms with E-state index in [0.29, 0.717) is 0 Å². The van der Waals surface area contributed by atoms with E-state index in [0.717, 1.165) is 18.1 Å². The van der Waals surface area contributed by atoms with Gasteiger partial charge >= 0.3 is 0 Å². The summed E-state index contributed by atoms with van der Waals surface area (Å²) in [5.41, 5.74) is 3.86. The molecule has 0 atom stereocenters. The Hall–Kier alpha value is -1.61. The van der Waals surface area contributed by atoms with Gasteiger partial charge in [0.25, 0.3) is 0 Å². The molecule has 100 valence electrons. The number of nitrogens with one attached hydrogen (secondary N) is 2. The van der Waals surface area contributed by atoms with Crippen LogP contribution in [-0.4, -0.2) is 23.6 Å². The van der Waals surface area contributed by atoms with Crippen LogP contribution in [0.3, 0.4) is 0 Å². The third kappa shape index (κ3) is 2.19. The standard InChI is InChI=1S/C16H21N3/c1-12-5-3-6-13(9-12)14-10-18-15(19-14)16(11-17-2)7-4-8-16/h3,5-6,9-10,17H,4,7-8,11H2,1-2H3,(H,18,19). The van der Waals surface area contributed by atoms with Crippen molar-refractivity contribution in [2.45, 2.75) is 31.6 Å².